The summed E-state index contributed by atoms with van der Waals surface area (Å²) in [6.07, 6.45) is 2.04. The smallest absolute Gasteiger partial charge is 0.0756 e. The molecule has 2 N–H and O–H groups in total. The summed E-state index contributed by atoms with van der Waals surface area (Å²) in [4.78, 5) is 0. The van der Waals surface area contributed by atoms with Crippen molar-refractivity contribution in [3.05, 3.63) is 40.7 Å². The minimum Gasteiger partial charge on any atom is -0.324 e. The molecule has 0 aliphatic rings. The van der Waals surface area contributed by atoms with Crippen LogP contribution in [0.3, 0.4) is 0 Å². The van der Waals surface area contributed by atoms with E-state index in [1.54, 1.807) is 0 Å². The summed E-state index contributed by atoms with van der Waals surface area (Å²) in [5.41, 5.74) is 10.1. The van der Waals surface area contributed by atoms with Crippen molar-refractivity contribution in [3.63, 3.8) is 0 Å². The second kappa shape index (κ2) is 5.23. The topological polar surface area (TPSA) is 43.8 Å². The Morgan fingerprint density at radius 2 is 1.95 bits per heavy atom. The van der Waals surface area contributed by atoms with E-state index in [1.807, 2.05) is 37.0 Å². The number of hydrogen-bond acceptors (Lipinski definition) is 2. The molecule has 20 heavy (non-hydrogen) atoms. The quantitative estimate of drug-likeness (QED) is 0.907. The number of rotatable bonds is 2. The average Bonchev–Trinajstić information content (AvgIpc) is 2.70. The Balaban J connectivity index is 2.55. The lowest BCUT2D eigenvalue weighted by atomic mass is 9.87. The van der Waals surface area contributed by atoms with E-state index in [1.165, 1.54) is 0 Å². The Morgan fingerprint density at radius 3 is 2.45 bits per heavy atom. The lowest BCUT2D eigenvalue weighted by Gasteiger charge is -2.18. The summed E-state index contributed by atoms with van der Waals surface area (Å²) >= 11 is 6.34. The van der Waals surface area contributed by atoms with Gasteiger partial charge in [-0.2, -0.15) is 5.10 Å². The molecule has 0 amide bonds. The van der Waals surface area contributed by atoms with Crippen molar-refractivity contribution in [2.24, 2.45) is 12.8 Å². The molecule has 0 aliphatic carbocycles. The molecule has 0 saturated heterocycles. The molecular weight excluding hydrogens is 270 g/mol. The molecule has 0 bridgehead atoms. The Kier molecular flexibility index (Phi) is 3.94. The van der Waals surface area contributed by atoms with Gasteiger partial charge in [-0.25, -0.2) is 0 Å². The largest absolute Gasteiger partial charge is 0.324 e. The molecule has 0 aliphatic heterocycles. The van der Waals surface area contributed by atoms with E-state index in [4.69, 9.17) is 17.3 Å². The molecule has 2 rings (SSSR count). The first-order chi connectivity index (χ1) is 9.20. The number of aryl methyl sites for hydroxylation is 1. The normalized spacial score (nSPS) is 13.6. The van der Waals surface area contributed by atoms with Gasteiger partial charge >= 0.3 is 0 Å². The monoisotopic (exact) mass is 291 g/mol. The summed E-state index contributed by atoms with van der Waals surface area (Å²) in [6, 6.07) is 5.98. The molecule has 3 nitrogen and oxygen atoms in total. The van der Waals surface area contributed by atoms with Crippen LogP contribution in [0.25, 0.3) is 11.1 Å². The summed E-state index contributed by atoms with van der Waals surface area (Å²) in [5, 5.41) is 5.30. The highest BCUT2D eigenvalue weighted by Crippen LogP contribution is 2.34. The van der Waals surface area contributed by atoms with Gasteiger partial charge in [0, 0.05) is 35.3 Å². The first-order valence-corrected chi connectivity index (χ1v) is 7.17. The zero-order valence-corrected chi connectivity index (χ0v) is 13.5. The highest BCUT2D eigenvalue weighted by molar-refractivity contribution is 6.31. The first kappa shape index (κ1) is 15.1. The van der Waals surface area contributed by atoms with Crippen LogP contribution in [0.4, 0.5) is 0 Å². The molecule has 0 fully saturated rings. The standard InChI is InChI=1S/C16H22ClN3/c1-10(18)12-7-6-11(8-14(12)17)13-9-20(5)19-15(13)16(2,3)4/h6-10H,18H2,1-5H3. The first-order valence-electron chi connectivity index (χ1n) is 6.79. The van der Waals surface area contributed by atoms with Crippen LogP contribution in [0.5, 0.6) is 0 Å². The predicted molar refractivity (Wildman–Crippen MR) is 85.0 cm³/mol. The molecule has 1 aromatic carbocycles. The molecule has 1 heterocycles. The Labute approximate surface area is 125 Å². The zero-order valence-electron chi connectivity index (χ0n) is 12.7. The van der Waals surface area contributed by atoms with Crippen molar-refractivity contribution in [1.82, 2.24) is 9.78 Å². The third-order valence-corrected chi connectivity index (χ3v) is 3.67. The van der Waals surface area contributed by atoms with Gasteiger partial charge in [-0.05, 0) is 24.1 Å². The van der Waals surface area contributed by atoms with E-state index in [0.29, 0.717) is 5.02 Å². The van der Waals surface area contributed by atoms with Gasteiger partial charge in [0.25, 0.3) is 0 Å². The molecule has 1 atom stereocenters. The van der Waals surface area contributed by atoms with Crippen molar-refractivity contribution in [2.75, 3.05) is 0 Å². The van der Waals surface area contributed by atoms with Gasteiger partial charge in [0.2, 0.25) is 0 Å². The van der Waals surface area contributed by atoms with Gasteiger partial charge < -0.3 is 5.73 Å². The maximum Gasteiger partial charge on any atom is 0.0756 e. The fourth-order valence-corrected chi connectivity index (χ4v) is 2.67. The van der Waals surface area contributed by atoms with Crippen molar-refractivity contribution < 1.29 is 0 Å². The Hall–Kier alpha value is -1.32. The van der Waals surface area contributed by atoms with E-state index < -0.39 is 0 Å². The van der Waals surface area contributed by atoms with Crippen molar-refractivity contribution in [1.29, 1.82) is 0 Å². The number of nitrogens with zero attached hydrogens (tertiary/aromatic N) is 2. The van der Waals surface area contributed by atoms with Crippen molar-refractivity contribution >= 4 is 11.6 Å². The average molecular weight is 292 g/mol. The number of aromatic nitrogens is 2. The maximum atomic E-state index is 6.34. The molecule has 1 aromatic heterocycles. The molecular formula is C16H22ClN3. The minimum absolute atomic E-state index is 0.0110. The van der Waals surface area contributed by atoms with Gasteiger partial charge in [-0.3, -0.25) is 4.68 Å². The van der Waals surface area contributed by atoms with E-state index in [0.717, 1.165) is 22.4 Å². The van der Waals surface area contributed by atoms with Gasteiger partial charge in [-0.1, -0.05) is 44.5 Å². The Bertz CT molecular complexity index is 621. The third-order valence-electron chi connectivity index (χ3n) is 3.34. The van der Waals surface area contributed by atoms with Crippen LogP contribution in [0, 0.1) is 0 Å². The number of nitrogens with two attached hydrogens (primary N) is 1. The van der Waals surface area contributed by atoms with Gasteiger partial charge in [0.15, 0.2) is 0 Å². The summed E-state index contributed by atoms with van der Waals surface area (Å²) in [7, 11) is 1.94. The van der Waals surface area contributed by atoms with Crippen LogP contribution in [0.15, 0.2) is 24.4 Å². The van der Waals surface area contributed by atoms with Crippen molar-refractivity contribution in [2.45, 2.75) is 39.2 Å². The summed E-state index contributed by atoms with van der Waals surface area (Å²) in [5.74, 6) is 0. The van der Waals surface area contributed by atoms with Crippen LogP contribution in [0.2, 0.25) is 5.02 Å². The summed E-state index contributed by atoms with van der Waals surface area (Å²) < 4.78 is 1.85. The van der Waals surface area contributed by atoms with Crippen LogP contribution >= 0.6 is 11.6 Å². The highest BCUT2D eigenvalue weighted by Gasteiger charge is 2.23. The predicted octanol–water partition coefficient (Wildman–Crippen LogP) is 4.06. The third kappa shape index (κ3) is 2.89. The molecule has 2 aromatic rings. The number of benzene rings is 1. The minimum atomic E-state index is -0.0625. The van der Waals surface area contributed by atoms with Crippen LogP contribution < -0.4 is 5.73 Å². The van der Waals surface area contributed by atoms with E-state index in [-0.39, 0.29) is 11.5 Å². The lowest BCUT2D eigenvalue weighted by Crippen LogP contribution is -2.13. The molecule has 108 valence electrons. The number of halogens is 1. The van der Waals surface area contributed by atoms with Crippen LogP contribution in [-0.2, 0) is 12.5 Å². The highest BCUT2D eigenvalue weighted by atomic mass is 35.5. The number of hydrogen-bond donors (Lipinski definition) is 1. The van der Waals surface area contributed by atoms with Gasteiger partial charge in [0.05, 0.1) is 5.69 Å². The fraction of sp³-hybridized carbons (Fsp3) is 0.438. The van der Waals surface area contributed by atoms with Crippen molar-refractivity contribution in [3.8, 4) is 11.1 Å². The maximum absolute atomic E-state index is 6.34. The zero-order chi connectivity index (χ0) is 15.1. The Morgan fingerprint density at radius 1 is 1.30 bits per heavy atom. The van der Waals surface area contributed by atoms with Crippen LogP contribution in [-0.4, -0.2) is 9.78 Å². The second-order valence-corrected chi connectivity index (χ2v) is 6.75. The second-order valence-electron chi connectivity index (χ2n) is 6.34. The lowest BCUT2D eigenvalue weighted by molar-refractivity contribution is 0.554. The molecule has 0 saturated carbocycles. The molecule has 4 heteroatoms. The van der Waals surface area contributed by atoms with Crippen LogP contribution in [0.1, 0.15) is 45.0 Å². The summed E-state index contributed by atoms with van der Waals surface area (Å²) in [6.45, 7) is 8.43. The molecule has 0 radical (unpaired) electrons. The molecule has 1 unspecified atom stereocenters. The fourth-order valence-electron chi connectivity index (χ4n) is 2.32. The van der Waals surface area contributed by atoms with Gasteiger partial charge in [-0.15, -0.1) is 0 Å². The molecule has 0 spiro atoms. The van der Waals surface area contributed by atoms with Gasteiger partial charge in [0.1, 0.15) is 0 Å². The SMILES string of the molecule is CC(N)c1ccc(-c2cn(C)nc2C(C)(C)C)cc1Cl. The van der Waals surface area contributed by atoms with E-state index in [2.05, 4.69) is 31.9 Å². The van der Waals surface area contributed by atoms with E-state index >= 15 is 0 Å². The van der Waals surface area contributed by atoms with E-state index in [9.17, 15) is 0 Å².